The normalized spacial score (nSPS) is 12.5. The third-order valence-electron chi connectivity index (χ3n) is 3.70. The molecule has 0 fully saturated rings. The fourth-order valence-electron chi connectivity index (χ4n) is 2.45. The molecule has 112 valence electrons. The van der Waals surface area contributed by atoms with Crippen LogP contribution in [0.2, 0.25) is 0 Å². The highest BCUT2D eigenvalue weighted by atomic mass is 16.3. The summed E-state index contributed by atoms with van der Waals surface area (Å²) in [5.74, 6) is 0.176. The molecule has 2 rings (SSSR count). The highest BCUT2D eigenvalue weighted by Crippen LogP contribution is 2.38. The van der Waals surface area contributed by atoms with Gasteiger partial charge in [0.25, 0.3) is 0 Å². The summed E-state index contributed by atoms with van der Waals surface area (Å²) in [6.07, 6.45) is 4.03. The molecule has 0 aliphatic heterocycles. The van der Waals surface area contributed by atoms with E-state index >= 15 is 0 Å². The zero-order valence-electron chi connectivity index (χ0n) is 13.9. The first-order chi connectivity index (χ1) is 9.60. The molecular formula is C19H25NO. The summed E-state index contributed by atoms with van der Waals surface area (Å²) in [5, 5.41) is 12.8. The van der Waals surface area contributed by atoms with E-state index in [2.05, 4.69) is 46.1 Å². The summed E-state index contributed by atoms with van der Waals surface area (Å²) in [6.45, 7) is 12.6. The van der Waals surface area contributed by atoms with Gasteiger partial charge in [-0.15, -0.1) is 5.75 Å². The molecule has 0 N–H and O–H groups in total. The SMILES string of the molecule is CC(C)(C)c1cc(-[n+]2ccccc2)cc(C(C)(C)C)c1[O-]. The molecule has 0 saturated carbocycles. The van der Waals surface area contributed by atoms with E-state index in [1.54, 1.807) is 0 Å². The van der Waals surface area contributed by atoms with Crippen LogP contribution >= 0.6 is 0 Å². The third-order valence-corrected chi connectivity index (χ3v) is 3.70. The molecule has 0 bridgehead atoms. The summed E-state index contributed by atoms with van der Waals surface area (Å²) in [5.41, 5.74) is 2.47. The van der Waals surface area contributed by atoms with Crippen LogP contribution in [-0.2, 0) is 10.8 Å². The van der Waals surface area contributed by atoms with Crippen LogP contribution in [0.3, 0.4) is 0 Å². The van der Waals surface area contributed by atoms with Crippen molar-refractivity contribution in [2.24, 2.45) is 0 Å². The third kappa shape index (κ3) is 3.26. The van der Waals surface area contributed by atoms with Crippen molar-refractivity contribution in [1.29, 1.82) is 0 Å². The van der Waals surface area contributed by atoms with Gasteiger partial charge in [0.05, 0.1) is 0 Å². The van der Waals surface area contributed by atoms with E-state index in [0.29, 0.717) is 0 Å². The lowest BCUT2D eigenvalue weighted by molar-refractivity contribution is -0.595. The zero-order chi connectivity index (χ0) is 15.8. The molecule has 0 amide bonds. The standard InChI is InChI=1S/C19H25NO/c1-18(2,3)15-12-14(20-10-8-7-9-11-20)13-16(17(15)21)19(4,5)6/h7-13H,1-6H3. The summed E-state index contributed by atoms with van der Waals surface area (Å²) in [4.78, 5) is 0. The van der Waals surface area contributed by atoms with Crippen molar-refractivity contribution in [2.45, 2.75) is 52.4 Å². The molecule has 21 heavy (non-hydrogen) atoms. The molecule has 0 atom stereocenters. The van der Waals surface area contributed by atoms with Gasteiger partial charge in [0.1, 0.15) is 0 Å². The number of pyridine rings is 1. The van der Waals surface area contributed by atoms with Crippen molar-refractivity contribution in [1.82, 2.24) is 0 Å². The van der Waals surface area contributed by atoms with Gasteiger partial charge in [0, 0.05) is 24.3 Å². The summed E-state index contributed by atoms with van der Waals surface area (Å²) in [7, 11) is 0. The van der Waals surface area contributed by atoms with E-state index in [-0.39, 0.29) is 16.6 Å². The van der Waals surface area contributed by atoms with Crippen molar-refractivity contribution < 1.29 is 9.67 Å². The molecule has 0 saturated heterocycles. The summed E-state index contributed by atoms with van der Waals surface area (Å²) >= 11 is 0. The molecular weight excluding hydrogens is 258 g/mol. The van der Waals surface area contributed by atoms with Gasteiger partial charge in [-0.1, -0.05) is 47.6 Å². The fourth-order valence-corrected chi connectivity index (χ4v) is 2.45. The molecule has 0 aliphatic carbocycles. The van der Waals surface area contributed by atoms with Crippen LogP contribution in [0.5, 0.6) is 5.75 Å². The average Bonchev–Trinajstić information content (AvgIpc) is 2.37. The first-order valence-electron chi connectivity index (χ1n) is 7.43. The van der Waals surface area contributed by atoms with E-state index < -0.39 is 0 Å². The Bertz CT molecular complexity index is 596. The first kappa shape index (κ1) is 15.6. The van der Waals surface area contributed by atoms with Crippen LogP contribution in [-0.4, -0.2) is 0 Å². The Labute approximate surface area is 128 Å². The van der Waals surface area contributed by atoms with Gasteiger partial charge in [-0.05, 0) is 22.0 Å². The van der Waals surface area contributed by atoms with Gasteiger partial charge in [-0.25, -0.2) is 0 Å². The van der Waals surface area contributed by atoms with Crippen LogP contribution in [0.15, 0.2) is 42.7 Å². The van der Waals surface area contributed by atoms with Crippen molar-refractivity contribution >= 4 is 0 Å². The quantitative estimate of drug-likeness (QED) is 0.734. The Kier molecular flexibility index (Phi) is 3.83. The van der Waals surface area contributed by atoms with Crippen molar-refractivity contribution in [3.05, 3.63) is 53.9 Å². The van der Waals surface area contributed by atoms with Crippen LogP contribution < -0.4 is 9.67 Å². The molecule has 0 radical (unpaired) electrons. The number of aromatic nitrogens is 1. The summed E-state index contributed by atoms with van der Waals surface area (Å²) < 4.78 is 2.06. The largest absolute Gasteiger partial charge is 0.872 e. The van der Waals surface area contributed by atoms with E-state index in [0.717, 1.165) is 16.8 Å². The van der Waals surface area contributed by atoms with Crippen molar-refractivity contribution in [2.75, 3.05) is 0 Å². The van der Waals surface area contributed by atoms with Gasteiger partial charge in [0.2, 0.25) is 5.69 Å². The molecule has 0 spiro atoms. The van der Waals surface area contributed by atoms with Crippen LogP contribution in [0.25, 0.3) is 5.69 Å². The van der Waals surface area contributed by atoms with Crippen molar-refractivity contribution in [3.8, 4) is 11.4 Å². The maximum Gasteiger partial charge on any atom is 0.211 e. The minimum atomic E-state index is -0.164. The fraction of sp³-hybridized carbons (Fsp3) is 0.421. The van der Waals surface area contributed by atoms with Gasteiger partial charge >= 0.3 is 0 Å². The second-order valence-electron chi connectivity index (χ2n) is 7.65. The topological polar surface area (TPSA) is 26.9 Å². The number of benzene rings is 1. The predicted molar refractivity (Wildman–Crippen MR) is 84.8 cm³/mol. The average molecular weight is 283 g/mol. The Balaban J connectivity index is 2.75. The molecule has 2 nitrogen and oxygen atoms in total. The second kappa shape index (κ2) is 5.18. The summed E-state index contributed by atoms with van der Waals surface area (Å²) in [6, 6.07) is 10.0. The van der Waals surface area contributed by atoms with Crippen LogP contribution in [0, 0.1) is 0 Å². The second-order valence-corrected chi connectivity index (χ2v) is 7.65. The maximum absolute atomic E-state index is 12.8. The lowest BCUT2D eigenvalue weighted by atomic mass is 9.79. The van der Waals surface area contributed by atoms with Crippen molar-refractivity contribution in [3.63, 3.8) is 0 Å². The van der Waals surface area contributed by atoms with Gasteiger partial charge in [-0.3, -0.25) is 0 Å². The monoisotopic (exact) mass is 283 g/mol. The molecule has 1 aromatic heterocycles. The maximum atomic E-state index is 12.8. The van der Waals surface area contributed by atoms with Gasteiger partial charge < -0.3 is 5.11 Å². The molecule has 2 heteroatoms. The van der Waals surface area contributed by atoms with Crippen LogP contribution in [0.1, 0.15) is 52.7 Å². The Morgan fingerprint density at radius 1 is 0.762 bits per heavy atom. The van der Waals surface area contributed by atoms with E-state index in [4.69, 9.17) is 0 Å². The highest BCUT2D eigenvalue weighted by Gasteiger charge is 2.24. The Hall–Kier alpha value is -1.83. The minimum Gasteiger partial charge on any atom is -0.872 e. The van der Waals surface area contributed by atoms with Crippen LogP contribution in [0.4, 0.5) is 0 Å². The minimum absolute atomic E-state index is 0.164. The van der Waals surface area contributed by atoms with Gasteiger partial charge in [-0.2, -0.15) is 4.57 Å². The zero-order valence-corrected chi connectivity index (χ0v) is 13.9. The number of hydrogen-bond donors (Lipinski definition) is 0. The lowest BCUT2D eigenvalue weighted by Crippen LogP contribution is -2.31. The molecule has 0 unspecified atom stereocenters. The van der Waals surface area contributed by atoms with E-state index in [9.17, 15) is 5.11 Å². The molecule has 2 aromatic rings. The number of rotatable bonds is 1. The van der Waals surface area contributed by atoms with Gasteiger partial charge in [0.15, 0.2) is 12.4 Å². The lowest BCUT2D eigenvalue weighted by Gasteiger charge is -2.33. The smallest absolute Gasteiger partial charge is 0.211 e. The predicted octanol–water partition coefficient (Wildman–Crippen LogP) is 3.63. The molecule has 1 heterocycles. The number of hydrogen-bond acceptors (Lipinski definition) is 1. The highest BCUT2D eigenvalue weighted by molar-refractivity contribution is 5.51. The first-order valence-corrected chi connectivity index (χ1v) is 7.43. The van der Waals surface area contributed by atoms with E-state index in [1.165, 1.54) is 0 Å². The molecule has 0 aliphatic rings. The van der Waals surface area contributed by atoms with E-state index in [1.807, 2.05) is 42.7 Å². The number of nitrogens with zero attached hydrogens (tertiary/aromatic N) is 1. The Morgan fingerprint density at radius 2 is 1.19 bits per heavy atom. The Morgan fingerprint density at radius 3 is 1.57 bits per heavy atom. The molecule has 1 aromatic carbocycles.